The maximum absolute atomic E-state index is 8.42. The van der Waals surface area contributed by atoms with Crippen molar-refractivity contribution >= 4 is 29.3 Å². The van der Waals surface area contributed by atoms with Crippen molar-refractivity contribution in [3.8, 4) is 0 Å². The van der Waals surface area contributed by atoms with Crippen LogP contribution in [0.4, 0.5) is 0 Å². The molecule has 0 aliphatic rings. The SMILES string of the molecule is [O-]B([O-])[O-].[O-]B([O-])[O-].[O-]B([O-])[O-].[O-]B([O-])[O-].[Tb+4].[Tb+4].[Tb+4]. The van der Waals surface area contributed by atoms with Crippen LogP contribution in [0.15, 0.2) is 0 Å². The maximum atomic E-state index is 8.42. The Hall–Kier alpha value is 3.64. The molecule has 0 aromatic rings. The summed E-state index contributed by atoms with van der Waals surface area (Å²) in [5.74, 6) is 0. The van der Waals surface area contributed by atoms with E-state index in [0.29, 0.717) is 0 Å². The van der Waals surface area contributed by atoms with Gasteiger partial charge < -0.3 is 60.3 Å². The van der Waals surface area contributed by atoms with Crippen molar-refractivity contribution in [1.82, 2.24) is 0 Å². The Morgan fingerprint density at radius 1 is 0.263 bits per heavy atom. The van der Waals surface area contributed by atoms with Crippen molar-refractivity contribution < 1.29 is 176 Å². The van der Waals surface area contributed by atoms with E-state index in [9.17, 15) is 0 Å². The van der Waals surface area contributed by atoms with E-state index in [1.165, 1.54) is 0 Å². The van der Waals surface area contributed by atoms with Crippen LogP contribution in [0.5, 0.6) is 0 Å². The van der Waals surface area contributed by atoms with Gasteiger partial charge in [0.2, 0.25) is 0 Å². The Bertz CT molecular complexity index is 68.0. The quantitative estimate of drug-likeness (QED) is 0.212. The van der Waals surface area contributed by atoms with E-state index < -0.39 is 29.3 Å². The van der Waals surface area contributed by atoms with Crippen LogP contribution in [0, 0.1) is 116 Å². The van der Waals surface area contributed by atoms with Gasteiger partial charge in [-0.3, -0.25) is 29.3 Å². The maximum Gasteiger partial charge on any atom is 4.00 e. The van der Waals surface area contributed by atoms with Crippen LogP contribution in [0.25, 0.3) is 0 Å². The fraction of sp³-hybridized carbons (Fsp3) is 0. The van der Waals surface area contributed by atoms with Gasteiger partial charge in [-0.1, -0.05) is 0 Å². The molecule has 0 aromatic carbocycles. The molecule has 19 heavy (non-hydrogen) atoms. The number of hydrogen-bond acceptors (Lipinski definition) is 12. The Morgan fingerprint density at radius 2 is 0.263 bits per heavy atom. The predicted molar refractivity (Wildman–Crippen MR) is 23.0 cm³/mol. The molecule has 0 bridgehead atoms. The van der Waals surface area contributed by atoms with E-state index in [2.05, 4.69) is 0 Å². The van der Waals surface area contributed by atoms with Gasteiger partial charge in [0.25, 0.3) is 0 Å². The first-order chi connectivity index (χ1) is 6.93. The third-order valence-electron chi connectivity index (χ3n) is 0. The molecule has 0 spiro atoms. The van der Waals surface area contributed by atoms with Gasteiger partial charge in [0.15, 0.2) is 0 Å². The van der Waals surface area contributed by atoms with Gasteiger partial charge in [-0.2, -0.15) is 0 Å². The van der Waals surface area contributed by atoms with Crippen molar-refractivity contribution in [2.75, 3.05) is 0 Å². The average Bonchev–Trinajstić information content (AvgIpc) is 1.76. The van der Waals surface area contributed by atoms with Crippen molar-refractivity contribution in [3.05, 3.63) is 0 Å². The first-order valence-electron chi connectivity index (χ1n) is 2.83. The minimum absolute atomic E-state index is 0. The first kappa shape index (κ1) is 43.3. The molecule has 0 saturated heterocycles. The third kappa shape index (κ3) is 631. The van der Waals surface area contributed by atoms with Crippen molar-refractivity contribution in [3.63, 3.8) is 0 Å². The summed E-state index contributed by atoms with van der Waals surface area (Å²) < 4.78 is 0. The molecular formula is B4O12Tb3. The normalized spacial score (nSPS) is 5.68. The van der Waals surface area contributed by atoms with Crippen molar-refractivity contribution in [2.24, 2.45) is 0 Å². The molecule has 0 aromatic heterocycles. The molecule has 0 amide bonds. The second-order valence-electron chi connectivity index (χ2n) is 1.15. The molecule has 0 unspecified atom stereocenters. The van der Waals surface area contributed by atoms with Crippen LogP contribution in [-0.4, -0.2) is 29.3 Å². The van der Waals surface area contributed by atoms with E-state index in [1.807, 2.05) is 0 Å². The van der Waals surface area contributed by atoms with E-state index in [1.54, 1.807) is 0 Å². The van der Waals surface area contributed by atoms with E-state index in [4.69, 9.17) is 60.3 Å². The fourth-order valence-electron chi connectivity index (χ4n) is 0. The van der Waals surface area contributed by atoms with Gasteiger partial charge in [-0.15, -0.1) is 0 Å². The van der Waals surface area contributed by atoms with E-state index in [0.717, 1.165) is 0 Å². The molecule has 0 atom stereocenters. The summed E-state index contributed by atoms with van der Waals surface area (Å²) in [6, 6.07) is 0. The molecule has 0 fully saturated rings. The van der Waals surface area contributed by atoms with Gasteiger partial charge in [0.05, 0.1) is 0 Å². The Kier molecular flexibility index (Phi) is 86.0. The summed E-state index contributed by atoms with van der Waals surface area (Å²) in [6.07, 6.45) is 0. The summed E-state index contributed by atoms with van der Waals surface area (Å²) >= 11 is 0. The fourth-order valence-corrected chi connectivity index (χ4v) is 0. The minimum atomic E-state index is -2.92. The molecule has 111 valence electrons. The standard InChI is InChI=1S/4BO3.3Tb/c4*2-1(3)4;;;/q4*-3;3*+4. The second-order valence-corrected chi connectivity index (χ2v) is 1.15. The van der Waals surface area contributed by atoms with Crippen LogP contribution in [-0.2, 0) is 0 Å². The average molecular weight is 712 g/mol. The molecule has 0 heterocycles. The molecule has 0 rings (SSSR count). The predicted octanol–water partition coefficient (Wildman–Crippen LogP) is -15.8. The molecule has 0 N–H and O–H groups in total. The molecule has 0 aliphatic heterocycles. The Morgan fingerprint density at radius 3 is 0.263 bits per heavy atom. The zero-order chi connectivity index (χ0) is 14.3. The molecule has 3 radical (unpaired) electrons. The van der Waals surface area contributed by atoms with Gasteiger partial charge in [0.1, 0.15) is 0 Å². The first-order valence-corrected chi connectivity index (χ1v) is 2.83. The molecule has 12 nitrogen and oxygen atoms in total. The molecule has 19 heteroatoms. The van der Waals surface area contributed by atoms with E-state index >= 15 is 0 Å². The monoisotopic (exact) mass is 713 g/mol. The summed E-state index contributed by atoms with van der Waals surface area (Å²) in [5.41, 5.74) is 0. The summed E-state index contributed by atoms with van der Waals surface area (Å²) in [6.45, 7) is 0. The van der Waals surface area contributed by atoms with Crippen LogP contribution in [0.2, 0.25) is 0 Å². The van der Waals surface area contributed by atoms with Crippen LogP contribution < -0.4 is 60.3 Å². The Balaban J connectivity index is -0.0000000192. The van der Waals surface area contributed by atoms with Crippen LogP contribution >= 0.6 is 0 Å². The van der Waals surface area contributed by atoms with Crippen molar-refractivity contribution in [2.45, 2.75) is 0 Å². The zero-order valence-electron chi connectivity index (χ0n) is 8.21. The van der Waals surface area contributed by atoms with Crippen LogP contribution in [0.3, 0.4) is 0 Å². The van der Waals surface area contributed by atoms with Gasteiger partial charge in [-0.05, 0) is 0 Å². The molecule has 0 saturated carbocycles. The minimum Gasteiger partial charge on any atom is -0.907 e. The van der Waals surface area contributed by atoms with Crippen molar-refractivity contribution in [1.29, 1.82) is 0 Å². The number of rotatable bonds is 0. The number of hydrogen-bond donors (Lipinski definition) is 0. The third-order valence-corrected chi connectivity index (χ3v) is 0. The molecule has 0 aliphatic carbocycles. The smallest absolute Gasteiger partial charge is 0.907 e. The summed E-state index contributed by atoms with van der Waals surface area (Å²) in [5, 5.41) is 101. The topological polar surface area (TPSA) is 277 Å². The second kappa shape index (κ2) is 37.7. The molecular weight excluding hydrogens is 712 g/mol. The van der Waals surface area contributed by atoms with Crippen LogP contribution in [0.1, 0.15) is 0 Å². The Labute approximate surface area is 201 Å². The van der Waals surface area contributed by atoms with Gasteiger partial charge >= 0.3 is 116 Å². The summed E-state index contributed by atoms with van der Waals surface area (Å²) in [7, 11) is -11.7. The largest absolute Gasteiger partial charge is 4.00 e. The van der Waals surface area contributed by atoms with E-state index in [-0.39, 0.29) is 116 Å². The summed E-state index contributed by atoms with van der Waals surface area (Å²) in [4.78, 5) is 0. The van der Waals surface area contributed by atoms with Gasteiger partial charge in [0, 0.05) is 0 Å². The zero-order valence-corrected chi connectivity index (χ0v) is 14.6. The van der Waals surface area contributed by atoms with Gasteiger partial charge in [-0.25, -0.2) is 0 Å².